The van der Waals surface area contributed by atoms with Crippen LogP contribution in [0.5, 0.6) is 0 Å². The van der Waals surface area contributed by atoms with Gasteiger partial charge in [0, 0.05) is 19.0 Å². The Morgan fingerprint density at radius 2 is 1.83 bits per heavy atom. The lowest BCUT2D eigenvalue weighted by atomic mass is 9.94. The summed E-state index contributed by atoms with van der Waals surface area (Å²) in [5.74, 6) is 4.10. The topological polar surface area (TPSA) is 71.2 Å². The van der Waals surface area contributed by atoms with Crippen LogP contribution in [0.2, 0.25) is 0 Å². The average Bonchev–Trinajstić information content (AvgIpc) is 3.24. The van der Waals surface area contributed by atoms with Crippen LogP contribution in [0.1, 0.15) is 69.1 Å². The van der Waals surface area contributed by atoms with E-state index in [0.717, 1.165) is 29.7 Å². The Labute approximate surface area is 147 Å². The Morgan fingerprint density at radius 3 is 2.54 bits per heavy atom. The van der Waals surface area contributed by atoms with Gasteiger partial charge in [0.15, 0.2) is 5.82 Å². The number of hydrogen-bond acceptors (Lipinski definition) is 5. The first-order valence-corrected chi connectivity index (χ1v) is 10.3. The van der Waals surface area contributed by atoms with Gasteiger partial charge in [-0.25, -0.2) is 0 Å². The predicted molar refractivity (Wildman–Crippen MR) is 92.9 cm³/mol. The van der Waals surface area contributed by atoms with Crippen LogP contribution in [0.15, 0.2) is 0 Å². The van der Waals surface area contributed by atoms with E-state index >= 15 is 0 Å². The third kappa shape index (κ3) is 2.65. The fraction of sp³-hybridized carbons (Fsp3) is 0.824. The van der Waals surface area contributed by atoms with Crippen LogP contribution in [-0.2, 0) is 11.3 Å². The van der Waals surface area contributed by atoms with E-state index in [-0.39, 0.29) is 11.9 Å². The predicted octanol–water partition coefficient (Wildman–Crippen LogP) is 2.10. The van der Waals surface area contributed by atoms with E-state index < -0.39 is 5.60 Å². The zero-order valence-corrected chi connectivity index (χ0v) is 15.1. The number of aromatic nitrogens is 3. The maximum atomic E-state index is 13.0. The molecule has 1 saturated carbocycles. The van der Waals surface area contributed by atoms with Crippen LogP contribution < -0.4 is 0 Å². The molecule has 24 heavy (non-hydrogen) atoms. The van der Waals surface area contributed by atoms with Crippen LogP contribution in [0, 0.1) is 0 Å². The number of thioether (sulfide) groups is 1. The lowest BCUT2D eigenvalue weighted by molar-refractivity contribution is -0.155. The van der Waals surface area contributed by atoms with Crippen molar-refractivity contribution in [2.45, 2.75) is 69.6 Å². The van der Waals surface area contributed by atoms with Gasteiger partial charge in [-0.15, -0.1) is 10.2 Å². The Bertz CT molecular complexity index is 620. The summed E-state index contributed by atoms with van der Waals surface area (Å²) in [6.07, 6.45) is 6.06. The number of aliphatic hydroxyl groups is 1. The van der Waals surface area contributed by atoms with Crippen LogP contribution in [0.3, 0.4) is 0 Å². The van der Waals surface area contributed by atoms with E-state index in [1.54, 1.807) is 0 Å². The molecule has 1 unspecified atom stereocenters. The summed E-state index contributed by atoms with van der Waals surface area (Å²) in [6.45, 7) is 3.40. The molecule has 1 aromatic rings. The van der Waals surface area contributed by atoms with E-state index in [1.807, 2.05) is 23.6 Å². The molecule has 1 aliphatic carbocycles. The largest absolute Gasteiger partial charge is 0.380 e. The molecule has 1 amide bonds. The van der Waals surface area contributed by atoms with Gasteiger partial charge in [0.2, 0.25) is 0 Å². The maximum Gasteiger partial charge on any atom is 0.255 e. The van der Waals surface area contributed by atoms with E-state index in [1.165, 1.54) is 25.7 Å². The molecule has 6 nitrogen and oxygen atoms in total. The molecule has 2 aliphatic heterocycles. The summed E-state index contributed by atoms with van der Waals surface area (Å²) in [5, 5.41) is 19.7. The smallest absolute Gasteiger partial charge is 0.255 e. The second kappa shape index (κ2) is 6.33. The summed E-state index contributed by atoms with van der Waals surface area (Å²) >= 11 is 1.81. The molecule has 0 spiro atoms. The van der Waals surface area contributed by atoms with E-state index in [4.69, 9.17) is 0 Å². The molecule has 0 bridgehead atoms. The Kier molecular flexibility index (Phi) is 4.33. The lowest BCUT2D eigenvalue weighted by Crippen LogP contribution is -2.54. The third-order valence-corrected chi connectivity index (χ3v) is 6.90. The zero-order valence-electron chi connectivity index (χ0n) is 14.3. The second-order valence-corrected chi connectivity index (χ2v) is 8.59. The summed E-state index contributed by atoms with van der Waals surface area (Å²) in [5.41, 5.74) is -1.18. The van der Waals surface area contributed by atoms with Gasteiger partial charge in [-0.3, -0.25) is 4.79 Å². The highest BCUT2D eigenvalue weighted by atomic mass is 32.2. The molecule has 1 atom stereocenters. The van der Waals surface area contributed by atoms with E-state index in [0.29, 0.717) is 25.3 Å². The minimum Gasteiger partial charge on any atom is -0.380 e. The van der Waals surface area contributed by atoms with Gasteiger partial charge in [0.05, 0.1) is 6.04 Å². The molecular formula is C17H26N4O2S. The van der Waals surface area contributed by atoms with Crippen molar-refractivity contribution in [3.05, 3.63) is 11.6 Å². The van der Waals surface area contributed by atoms with Crippen molar-refractivity contribution < 1.29 is 9.90 Å². The Morgan fingerprint density at radius 1 is 1.17 bits per heavy atom. The van der Waals surface area contributed by atoms with Gasteiger partial charge in [0.1, 0.15) is 11.4 Å². The molecule has 3 aliphatic rings. The number of amides is 1. The van der Waals surface area contributed by atoms with Gasteiger partial charge in [-0.1, -0.05) is 12.8 Å². The fourth-order valence-corrected chi connectivity index (χ4v) is 5.53. The van der Waals surface area contributed by atoms with Crippen molar-refractivity contribution in [1.29, 1.82) is 0 Å². The van der Waals surface area contributed by atoms with Crippen LogP contribution in [0.4, 0.5) is 0 Å². The molecule has 1 saturated heterocycles. The SMILES string of the molecule is CC1c2nnc(C3CCCC3)n2CCN1C(=O)C1(O)CCSCC1. The van der Waals surface area contributed by atoms with Crippen LogP contribution in [0.25, 0.3) is 0 Å². The highest BCUT2D eigenvalue weighted by molar-refractivity contribution is 7.99. The molecule has 3 heterocycles. The standard InChI is InChI=1S/C17H26N4O2S/c1-12-14-18-19-15(13-4-2-3-5-13)21(14)9-8-20(12)16(22)17(23)6-10-24-11-7-17/h12-13,23H,2-11H2,1H3. The number of hydrogen-bond donors (Lipinski definition) is 1. The van der Waals surface area contributed by atoms with Crippen molar-refractivity contribution in [1.82, 2.24) is 19.7 Å². The first-order chi connectivity index (χ1) is 11.6. The quantitative estimate of drug-likeness (QED) is 0.884. The lowest BCUT2D eigenvalue weighted by Gasteiger charge is -2.40. The normalized spacial score (nSPS) is 27.2. The van der Waals surface area contributed by atoms with Gasteiger partial charge in [-0.2, -0.15) is 11.8 Å². The summed E-state index contributed by atoms with van der Waals surface area (Å²) < 4.78 is 2.23. The van der Waals surface area contributed by atoms with Gasteiger partial charge in [0.25, 0.3) is 5.91 Å². The van der Waals surface area contributed by atoms with Crippen molar-refractivity contribution in [3.63, 3.8) is 0 Å². The Hall–Kier alpha value is -1.08. The average molecular weight is 350 g/mol. The van der Waals surface area contributed by atoms with Crippen LogP contribution in [-0.4, -0.2) is 54.3 Å². The van der Waals surface area contributed by atoms with E-state index in [9.17, 15) is 9.90 Å². The second-order valence-electron chi connectivity index (χ2n) is 7.37. The first-order valence-electron chi connectivity index (χ1n) is 9.14. The summed E-state index contributed by atoms with van der Waals surface area (Å²) in [7, 11) is 0. The van der Waals surface area contributed by atoms with Crippen LogP contribution >= 0.6 is 11.8 Å². The molecule has 2 fully saturated rings. The Balaban J connectivity index is 1.56. The monoisotopic (exact) mass is 350 g/mol. The minimum atomic E-state index is -1.18. The maximum absolute atomic E-state index is 13.0. The molecule has 0 radical (unpaired) electrons. The molecule has 7 heteroatoms. The zero-order chi connectivity index (χ0) is 16.7. The molecule has 132 valence electrons. The van der Waals surface area contributed by atoms with Crippen molar-refractivity contribution in [2.75, 3.05) is 18.1 Å². The van der Waals surface area contributed by atoms with Gasteiger partial charge in [-0.05, 0) is 44.1 Å². The number of carbonyl (C=O) groups excluding carboxylic acids is 1. The fourth-order valence-electron chi connectivity index (χ4n) is 4.36. The third-order valence-electron chi connectivity index (χ3n) is 5.91. The summed E-state index contributed by atoms with van der Waals surface area (Å²) in [4.78, 5) is 14.8. The van der Waals surface area contributed by atoms with Crippen molar-refractivity contribution >= 4 is 17.7 Å². The van der Waals surface area contributed by atoms with E-state index in [2.05, 4.69) is 14.8 Å². The van der Waals surface area contributed by atoms with Crippen molar-refractivity contribution in [3.8, 4) is 0 Å². The molecule has 1 aromatic heterocycles. The summed E-state index contributed by atoms with van der Waals surface area (Å²) in [6, 6.07) is -0.118. The molecule has 0 aromatic carbocycles. The molecule has 1 N–H and O–H groups in total. The number of carbonyl (C=O) groups is 1. The highest BCUT2D eigenvalue weighted by Crippen LogP contribution is 2.37. The molecule has 4 rings (SSSR count). The number of nitrogens with zero attached hydrogens (tertiary/aromatic N) is 4. The van der Waals surface area contributed by atoms with Crippen molar-refractivity contribution in [2.24, 2.45) is 0 Å². The molecular weight excluding hydrogens is 324 g/mol. The number of rotatable bonds is 2. The highest BCUT2D eigenvalue weighted by Gasteiger charge is 2.44. The minimum absolute atomic E-state index is 0.118. The van der Waals surface area contributed by atoms with Gasteiger partial charge < -0.3 is 14.6 Å². The van der Waals surface area contributed by atoms with Gasteiger partial charge >= 0.3 is 0 Å². The number of fused-ring (bicyclic) bond motifs is 1. The first kappa shape index (κ1) is 16.4.